The SMILES string of the molecule is CCn1c(-c2cccnc2[C@H](C)OC)c2c3cc(ccc31)-c1cccc(c1)C[C@H](NC(=O)[C@H](C(C)C)N(C)C(=O)C1(O)CCN(C(=O)/C=C/CN(C)C)C1)C(=O)N1CCC[C@@](O)(N1)C(=O)OCC(C)(C)C2. The van der Waals surface area contributed by atoms with Crippen molar-refractivity contribution >= 4 is 40.5 Å². The summed E-state index contributed by atoms with van der Waals surface area (Å²) in [5.41, 5.74) is 5.19. The number of hydrazine groups is 1. The monoisotopic (exact) mass is 977 g/mol. The van der Waals surface area contributed by atoms with Crippen molar-refractivity contribution in [3.8, 4) is 22.4 Å². The van der Waals surface area contributed by atoms with Gasteiger partial charge in [0.05, 0.1) is 30.6 Å². The molecule has 2 saturated heterocycles. The first-order valence-corrected chi connectivity index (χ1v) is 24.7. The highest BCUT2D eigenvalue weighted by Gasteiger charge is 2.49. The van der Waals surface area contributed by atoms with Crippen molar-refractivity contribution in [2.75, 3.05) is 61.0 Å². The minimum atomic E-state index is -2.26. The third kappa shape index (κ3) is 11.2. The Hall–Kier alpha value is -5.98. The minimum Gasteiger partial charge on any atom is -0.462 e. The average molecular weight is 977 g/mol. The van der Waals surface area contributed by atoms with Crippen molar-refractivity contribution in [1.29, 1.82) is 0 Å². The number of carbonyl (C=O) groups excluding carboxylic acids is 5. The smallest absolute Gasteiger partial charge is 0.355 e. The predicted molar refractivity (Wildman–Crippen MR) is 270 cm³/mol. The number of aromatic nitrogens is 2. The second-order valence-electron chi connectivity index (χ2n) is 20.9. The maximum absolute atomic E-state index is 14.8. The lowest BCUT2D eigenvalue weighted by molar-refractivity contribution is -0.189. The van der Waals surface area contributed by atoms with Crippen LogP contribution >= 0.6 is 0 Å². The van der Waals surface area contributed by atoms with Crippen LogP contribution < -0.4 is 10.7 Å². The third-order valence-corrected chi connectivity index (χ3v) is 14.1. The van der Waals surface area contributed by atoms with Gasteiger partial charge in [0, 0.05) is 93.8 Å². The number of pyridine rings is 1. The number of amides is 4. The standard InChI is InChI=1S/C54H72N8O9/c1-11-61-43-21-20-38-30-40(43)41(47(61)39-18-13-24-55-45(39)35(4)70-10)31-52(5,6)33-71-51(67)54(69)22-15-26-62(57-54)49(65)42(29-36-16-12-17-37(38)28-36)56-48(64)46(34(2)3)59(9)50(66)53(68)23-27-60(32-53)44(63)19-14-25-58(7)8/h12-14,16-21,24,28,30,34-35,42,46,57,68-69H,11,15,22-23,25-27,29,31-33H2,1-10H3,(H,56,64)/b19-14+/t35-,42-,46-,53?,54-/m0/s1. The van der Waals surface area contributed by atoms with Gasteiger partial charge >= 0.3 is 5.97 Å². The Bertz CT molecular complexity index is 2680. The molecule has 4 N–H and O–H groups in total. The van der Waals surface area contributed by atoms with Gasteiger partial charge in [-0.15, -0.1) is 0 Å². The first kappa shape index (κ1) is 52.8. The fraction of sp³-hybridized carbons (Fsp3) is 0.519. The molecule has 7 rings (SSSR count). The van der Waals surface area contributed by atoms with E-state index in [9.17, 15) is 34.2 Å². The van der Waals surface area contributed by atoms with E-state index in [0.29, 0.717) is 25.1 Å². The van der Waals surface area contributed by atoms with Crippen molar-refractivity contribution in [3.05, 3.63) is 89.8 Å². The van der Waals surface area contributed by atoms with Gasteiger partial charge in [0.15, 0.2) is 5.60 Å². The molecule has 0 radical (unpaired) electrons. The van der Waals surface area contributed by atoms with Gasteiger partial charge in [-0.3, -0.25) is 29.2 Å². The fourth-order valence-corrected chi connectivity index (χ4v) is 10.3. The predicted octanol–water partition coefficient (Wildman–Crippen LogP) is 4.63. The fourth-order valence-electron chi connectivity index (χ4n) is 10.3. The summed E-state index contributed by atoms with van der Waals surface area (Å²) in [6.07, 6.45) is 5.29. The molecular weight excluding hydrogens is 905 g/mol. The number of nitrogens with one attached hydrogen (secondary N) is 2. The Morgan fingerprint density at radius 3 is 2.46 bits per heavy atom. The molecule has 3 aliphatic heterocycles. The second kappa shape index (κ2) is 21.4. The van der Waals surface area contributed by atoms with Gasteiger partial charge in [0.25, 0.3) is 11.8 Å². The van der Waals surface area contributed by atoms with Crippen molar-refractivity contribution in [1.82, 2.24) is 40.0 Å². The Balaban J connectivity index is 1.27. The average Bonchev–Trinajstić information content (AvgIpc) is 3.89. The lowest BCUT2D eigenvalue weighted by Gasteiger charge is -2.40. The van der Waals surface area contributed by atoms with E-state index in [1.54, 1.807) is 33.2 Å². The number of rotatable bonds is 12. The zero-order valence-electron chi connectivity index (χ0n) is 43.0. The van der Waals surface area contributed by atoms with Crippen LogP contribution in [-0.2, 0) is 52.8 Å². The summed E-state index contributed by atoms with van der Waals surface area (Å²) in [6.45, 7) is 12.8. The van der Waals surface area contributed by atoms with E-state index in [1.807, 2.05) is 70.1 Å². The molecule has 382 valence electrons. The number of likely N-dealkylation sites (tertiary alicyclic amines) is 1. The number of aryl methyl sites for hydroxylation is 1. The van der Waals surface area contributed by atoms with E-state index in [0.717, 1.165) is 44.5 Å². The van der Waals surface area contributed by atoms with Gasteiger partial charge in [-0.05, 0) is 93.2 Å². The largest absolute Gasteiger partial charge is 0.462 e. The summed E-state index contributed by atoms with van der Waals surface area (Å²) in [5, 5.41) is 28.7. The maximum Gasteiger partial charge on any atom is 0.355 e. The molecule has 2 aromatic heterocycles. The van der Waals surface area contributed by atoms with Gasteiger partial charge in [-0.1, -0.05) is 64.1 Å². The molecule has 0 spiro atoms. The number of methoxy groups -OCH3 is 1. The summed E-state index contributed by atoms with van der Waals surface area (Å²) in [7, 11) is 6.86. The second-order valence-corrected chi connectivity index (χ2v) is 20.9. The van der Waals surface area contributed by atoms with Crippen LogP contribution in [0.5, 0.6) is 0 Å². The Kier molecular flexibility index (Phi) is 15.9. The molecule has 5 heterocycles. The van der Waals surface area contributed by atoms with Crippen LogP contribution in [0.1, 0.15) is 83.7 Å². The zero-order chi connectivity index (χ0) is 51.6. The summed E-state index contributed by atoms with van der Waals surface area (Å²) < 4.78 is 14.1. The number of cyclic esters (lactones) is 1. The maximum atomic E-state index is 14.8. The lowest BCUT2D eigenvalue weighted by atomic mass is 9.84. The lowest BCUT2D eigenvalue weighted by Crippen LogP contribution is -2.67. The molecule has 0 saturated carbocycles. The number of β-amino-alcohol motifs (C(OH)–C–C–N with tert-alkyl or cyclic N) is 1. The number of carbonyl (C=O) groups is 5. The molecule has 5 atom stereocenters. The molecule has 3 aliphatic rings. The highest BCUT2D eigenvalue weighted by atomic mass is 16.6. The van der Waals surface area contributed by atoms with E-state index in [2.05, 4.69) is 46.5 Å². The number of fused-ring (bicyclic) bond motifs is 6. The highest BCUT2D eigenvalue weighted by Crippen LogP contribution is 2.42. The summed E-state index contributed by atoms with van der Waals surface area (Å²) >= 11 is 0. The highest BCUT2D eigenvalue weighted by molar-refractivity contribution is 5.97. The topological polar surface area (TPSA) is 199 Å². The normalized spacial score (nSPS) is 22.7. The molecule has 0 aliphatic carbocycles. The first-order chi connectivity index (χ1) is 33.6. The van der Waals surface area contributed by atoms with Gasteiger partial charge < -0.3 is 44.3 Å². The van der Waals surface area contributed by atoms with Crippen molar-refractivity contribution < 1.29 is 43.7 Å². The number of ether oxygens (including phenoxy) is 2. The van der Waals surface area contributed by atoms with Crippen LogP contribution in [0.4, 0.5) is 0 Å². The molecule has 1 unspecified atom stereocenters. The summed E-state index contributed by atoms with van der Waals surface area (Å²) in [6, 6.07) is 15.7. The van der Waals surface area contributed by atoms with Crippen LogP contribution in [0.2, 0.25) is 0 Å². The van der Waals surface area contributed by atoms with Gasteiger partial charge in [-0.2, -0.15) is 5.43 Å². The number of likely N-dealkylation sites (N-methyl/N-ethyl adjacent to an activating group) is 2. The zero-order valence-corrected chi connectivity index (χ0v) is 43.0. The number of nitrogens with zero attached hydrogens (tertiary/aromatic N) is 6. The molecule has 4 amide bonds. The van der Waals surface area contributed by atoms with Gasteiger partial charge in [-0.25, -0.2) is 4.79 Å². The van der Waals surface area contributed by atoms with Crippen LogP contribution in [0.25, 0.3) is 33.3 Å². The van der Waals surface area contributed by atoms with E-state index in [1.165, 1.54) is 27.9 Å². The minimum absolute atomic E-state index is 0.00377. The van der Waals surface area contributed by atoms with E-state index < -0.39 is 58.4 Å². The van der Waals surface area contributed by atoms with Crippen LogP contribution in [0.3, 0.4) is 0 Å². The Morgan fingerprint density at radius 1 is 1.01 bits per heavy atom. The summed E-state index contributed by atoms with van der Waals surface area (Å²) in [4.78, 5) is 80.0. The number of benzene rings is 2. The van der Waals surface area contributed by atoms with E-state index >= 15 is 0 Å². The molecular formula is C54H72N8O9. The van der Waals surface area contributed by atoms with Gasteiger partial charge in [0.1, 0.15) is 12.1 Å². The van der Waals surface area contributed by atoms with Crippen molar-refractivity contribution in [3.63, 3.8) is 0 Å². The Labute approximate surface area is 417 Å². The molecule has 6 bridgehead atoms. The van der Waals surface area contributed by atoms with Crippen molar-refractivity contribution in [2.24, 2.45) is 11.3 Å². The van der Waals surface area contributed by atoms with Crippen LogP contribution in [0, 0.1) is 11.3 Å². The third-order valence-electron chi connectivity index (χ3n) is 14.1. The van der Waals surface area contributed by atoms with Crippen molar-refractivity contribution in [2.45, 2.75) is 110 Å². The number of esters is 1. The molecule has 71 heavy (non-hydrogen) atoms. The van der Waals surface area contributed by atoms with Crippen LogP contribution in [0.15, 0.2) is 72.9 Å². The van der Waals surface area contributed by atoms with E-state index in [-0.39, 0.29) is 63.9 Å². The van der Waals surface area contributed by atoms with Gasteiger partial charge in [0.2, 0.25) is 17.5 Å². The molecule has 17 heteroatoms. The molecule has 17 nitrogen and oxygen atoms in total. The molecule has 2 aromatic carbocycles. The first-order valence-electron chi connectivity index (χ1n) is 24.7. The quantitative estimate of drug-likeness (QED) is 0.114. The molecule has 2 fully saturated rings. The van der Waals surface area contributed by atoms with Crippen LogP contribution in [-0.4, -0.2) is 154 Å². The Morgan fingerprint density at radius 2 is 1.76 bits per heavy atom. The molecule has 4 aromatic rings. The summed E-state index contributed by atoms with van der Waals surface area (Å²) in [5.74, 6) is -3.73. The number of hydrogen-bond donors (Lipinski definition) is 4. The van der Waals surface area contributed by atoms with E-state index in [4.69, 9.17) is 14.5 Å². The number of aliphatic hydroxyl groups is 2. The number of hydrogen-bond acceptors (Lipinski definition) is 12.